The number of aryl methyl sites for hydroxylation is 1. The average molecular weight is 186 g/mol. The van der Waals surface area contributed by atoms with E-state index in [0.29, 0.717) is 23.2 Å². The van der Waals surface area contributed by atoms with Gasteiger partial charge in [-0.3, -0.25) is 0 Å². The Bertz CT molecular complexity index is 296. The number of esters is 1. The van der Waals surface area contributed by atoms with Crippen LogP contribution in [-0.2, 0) is 4.74 Å². The highest BCUT2D eigenvalue weighted by molar-refractivity contribution is 7.80. The summed E-state index contributed by atoms with van der Waals surface area (Å²) in [5.74, 6) is 0.242. The lowest BCUT2D eigenvalue weighted by Gasteiger charge is -1.97. The summed E-state index contributed by atoms with van der Waals surface area (Å²) in [4.78, 5) is 17.8. The van der Waals surface area contributed by atoms with Gasteiger partial charge in [0.1, 0.15) is 10.9 Å². The van der Waals surface area contributed by atoms with Gasteiger partial charge in [0.2, 0.25) is 0 Å². The number of imidazole rings is 1. The van der Waals surface area contributed by atoms with Crippen LogP contribution < -0.4 is 0 Å². The average Bonchev–Trinajstić information content (AvgIpc) is 2.30. The summed E-state index contributed by atoms with van der Waals surface area (Å²) >= 11 is 4.01. The number of nitrogens with zero attached hydrogens (tertiary/aromatic N) is 1. The van der Waals surface area contributed by atoms with Gasteiger partial charge >= 0.3 is 5.97 Å². The first-order valence-electron chi connectivity index (χ1n) is 3.57. The molecular weight excluding hydrogens is 176 g/mol. The second-order valence-corrected chi connectivity index (χ2v) is 2.66. The standard InChI is InChI=1S/C7H10N2O2S/c1-3-11-7(10)5-6(12)9-4(2)8-5/h12H,3H2,1-2H3,(H,8,9). The number of hydrogen-bond acceptors (Lipinski definition) is 4. The third-order valence-corrected chi connectivity index (χ3v) is 1.61. The number of thiol groups is 1. The molecular formula is C7H10N2O2S. The Balaban J connectivity index is 2.87. The predicted molar refractivity (Wildman–Crippen MR) is 46.5 cm³/mol. The molecule has 0 unspecified atom stereocenters. The number of aromatic nitrogens is 2. The van der Waals surface area contributed by atoms with Crippen molar-refractivity contribution in [3.63, 3.8) is 0 Å². The van der Waals surface area contributed by atoms with Crippen LogP contribution in [0.5, 0.6) is 0 Å². The lowest BCUT2D eigenvalue weighted by molar-refractivity contribution is 0.0515. The highest BCUT2D eigenvalue weighted by Gasteiger charge is 2.13. The number of rotatable bonds is 2. The summed E-state index contributed by atoms with van der Waals surface area (Å²) < 4.78 is 4.76. The van der Waals surface area contributed by atoms with Crippen LogP contribution in [0.15, 0.2) is 5.03 Å². The van der Waals surface area contributed by atoms with Crippen LogP contribution in [0.25, 0.3) is 0 Å². The molecule has 0 aliphatic heterocycles. The molecule has 4 nitrogen and oxygen atoms in total. The Morgan fingerprint density at radius 1 is 1.75 bits per heavy atom. The molecule has 1 N–H and O–H groups in total. The summed E-state index contributed by atoms with van der Waals surface area (Å²) in [6, 6.07) is 0. The minimum absolute atomic E-state index is 0.317. The van der Waals surface area contributed by atoms with Gasteiger partial charge in [0, 0.05) is 0 Å². The van der Waals surface area contributed by atoms with Crippen LogP contribution in [0, 0.1) is 6.92 Å². The molecule has 0 aliphatic rings. The van der Waals surface area contributed by atoms with E-state index in [-0.39, 0.29) is 0 Å². The molecule has 1 aromatic rings. The lowest BCUT2D eigenvalue weighted by Crippen LogP contribution is -2.05. The maximum atomic E-state index is 11.1. The summed E-state index contributed by atoms with van der Waals surface area (Å²) in [5.41, 5.74) is 0.317. The van der Waals surface area contributed by atoms with E-state index in [1.165, 1.54) is 0 Å². The zero-order valence-corrected chi connectivity index (χ0v) is 7.81. The number of hydrogen-bond donors (Lipinski definition) is 2. The lowest BCUT2D eigenvalue weighted by atomic mass is 10.5. The molecule has 0 radical (unpaired) electrons. The molecule has 0 atom stereocenters. The zero-order valence-electron chi connectivity index (χ0n) is 6.92. The largest absolute Gasteiger partial charge is 0.461 e. The second kappa shape index (κ2) is 3.62. The number of carbonyl (C=O) groups excluding carboxylic acids is 1. The summed E-state index contributed by atoms with van der Waals surface area (Å²) in [6.07, 6.45) is 0. The van der Waals surface area contributed by atoms with E-state index >= 15 is 0 Å². The second-order valence-electron chi connectivity index (χ2n) is 2.24. The van der Waals surface area contributed by atoms with Crippen LogP contribution in [0.2, 0.25) is 0 Å². The van der Waals surface area contributed by atoms with E-state index in [1.807, 2.05) is 0 Å². The molecule has 1 aromatic heterocycles. The molecule has 5 heteroatoms. The van der Waals surface area contributed by atoms with Crippen molar-refractivity contribution in [3.8, 4) is 0 Å². The predicted octanol–water partition coefficient (Wildman–Crippen LogP) is 1.18. The minimum Gasteiger partial charge on any atom is -0.461 e. The van der Waals surface area contributed by atoms with Crippen LogP contribution >= 0.6 is 12.6 Å². The third-order valence-electron chi connectivity index (χ3n) is 1.28. The van der Waals surface area contributed by atoms with Gasteiger partial charge in [-0.05, 0) is 13.8 Å². The SMILES string of the molecule is CCOC(=O)c1[nH]c(C)nc1S. The summed E-state index contributed by atoms with van der Waals surface area (Å²) in [5, 5.41) is 0.381. The molecule has 12 heavy (non-hydrogen) atoms. The quantitative estimate of drug-likeness (QED) is 0.538. The van der Waals surface area contributed by atoms with Crippen molar-refractivity contribution in [1.29, 1.82) is 0 Å². The highest BCUT2D eigenvalue weighted by Crippen LogP contribution is 2.10. The first kappa shape index (κ1) is 9.12. The molecule has 0 bridgehead atoms. The van der Waals surface area contributed by atoms with Crippen molar-refractivity contribution in [2.75, 3.05) is 6.61 Å². The molecule has 1 rings (SSSR count). The Kier molecular flexibility index (Phi) is 2.75. The number of nitrogens with one attached hydrogen (secondary N) is 1. The monoisotopic (exact) mass is 186 g/mol. The van der Waals surface area contributed by atoms with Crippen LogP contribution in [0.3, 0.4) is 0 Å². The van der Waals surface area contributed by atoms with Gasteiger partial charge in [-0.1, -0.05) is 0 Å². The van der Waals surface area contributed by atoms with Crippen molar-refractivity contribution < 1.29 is 9.53 Å². The summed E-state index contributed by atoms with van der Waals surface area (Å²) in [6.45, 7) is 3.85. The normalized spacial score (nSPS) is 9.92. The van der Waals surface area contributed by atoms with Gasteiger partial charge in [-0.25, -0.2) is 9.78 Å². The number of aromatic amines is 1. The fraction of sp³-hybridized carbons (Fsp3) is 0.429. The Morgan fingerprint density at radius 2 is 2.42 bits per heavy atom. The van der Waals surface area contributed by atoms with Gasteiger partial charge in [-0.2, -0.15) is 0 Å². The first-order valence-corrected chi connectivity index (χ1v) is 4.02. The first-order chi connectivity index (χ1) is 5.65. The van der Waals surface area contributed by atoms with Gasteiger partial charge in [0.15, 0.2) is 5.69 Å². The Hall–Kier alpha value is -0.970. The molecule has 66 valence electrons. The molecule has 0 saturated heterocycles. The van der Waals surface area contributed by atoms with E-state index in [2.05, 4.69) is 22.6 Å². The van der Waals surface area contributed by atoms with Gasteiger partial charge in [0.05, 0.1) is 6.61 Å². The van der Waals surface area contributed by atoms with Crippen molar-refractivity contribution in [2.24, 2.45) is 0 Å². The maximum Gasteiger partial charge on any atom is 0.357 e. The molecule has 0 aromatic carbocycles. The van der Waals surface area contributed by atoms with Gasteiger partial charge in [0.25, 0.3) is 0 Å². The van der Waals surface area contributed by atoms with Crippen molar-refractivity contribution in [1.82, 2.24) is 9.97 Å². The number of H-pyrrole nitrogens is 1. The highest BCUT2D eigenvalue weighted by atomic mass is 32.1. The van der Waals surface area contributed by atoms with E-state index in [9.17, 15) is 4.79 Å². The fourth-order valence-electron chi connectivity index (χ4n) is 0.825. The smallest absolute Gasteiger partial charge is 0.357 e. The van der Waals surface area contributed by atoms with E-state index < -0.39 is 5.97 Å². The fourth-order valence-corrected chi connectivity index (χ4v) is 1.12. The minimum atomic E-state index is -0.414. The number of ether oxygens (including phenoxy) is 1. The molecule has 0 saturated carbocycles. The zero-order chi connectivity index (χ0) is 9.14. The van der Waals surface area contributed by atoms with Crippen LogP contribution in [0.1, 0.15) is 23.2 Å². The molecule has 0 fully saturated rings. The van der Waals surface area contributed by atoms with Gasteiger partial charge in [-0.15, -0.1) is 12.6 Å². The summed E-state index contributed by atoms with van der Waals surface area (Å²) in [7, 11) is 0. The number of carbonyl (C=O) groups is 1. The Morgan fingerprint density at radius 3 is 2.83 bits per heavy atom. The molecule has 0 aliphatic carbocycles. The molecule has 1 heterocycles. The Labute approximate surface area is 75.8 Å². The van der Waals surface area contributed by atoms with Crippen LogP contribution in [0.4, 0.5) is 0 Å². The van der Waals surface area contributed by atoms with Crippen molar-refractivity contribution in [2.45, 2.75) is 18.9 Å². The topological polar surface area (TPSA) is 55.0 Å². The van der Waals surface area contributed by atoms with E-state index in [0.717, 1.165) is 0 Å². The van der Waals surface area contributed by atoms with Crippen molar-refractivity contribution >= 4 is 18.6 Å². The van der Waals surface area contributed by atoms with Crippen LogP contribution in [-0.4, -0.2) is 22.5 Å². The van der Waals surface area contributed by atoms with E-state index in [1.54, 1.807) is 13.8 Å². The third kappa shape index (κ3) is 1.79. The van der Waals surface area contributed by atoms with Crippen molar-refractivity contribution in [3.05, 3.63) is 11.5 Å². The van der Waals surface area contributed by atoms with Gasteiger partial charge < -0.3 is 9.72 Å². The molecule has 0 amide bonds. The van der Waals surface area contributed by atoms with E-state index in [4.69, 9.17) is 4.74 Å². The maximum absolute atomic E-state index is 11.1. The molecule has 0 spiro atoms.